The normalized spacial score (nSPS) is 15.3. The lowest BCUT2D eigenvalue weighted by molar-refractivity contribution is -0.123. The van der Waals surface area contributed by atoms with Crippen molar-refractivity contribution >= 4 is 54.8 Å². The van der Waals surface area contributed by atoms with Crippen molar-refractivity contribution in [2.45, 2.75) is 50.8 Å². The fraction of sp³-hybridized carbons (Fsp3) is 0.619. The van der Waals surface area contributed by atoms with Crippen molar-refractivity contribution in [3.63, 3.8) is 0 Å². The highest BCUT2D eigenvalue weighted by atomic mass is 35.5. The standard InChI is InChI=1S/C21H31N3O3S2.ClH/c1-4-23(5-2)14-15-24(20(25)16-10-7-6-8-11-16)21-22-19-17(28-21)12-9-13-18(19)29(3,26)27;/h9,12-13,16H,4-8,10-11,14-15H2,1-3H3;1H. The number of nitrogens with zero attached hydrogens (tertiary/aromatic N) is 3. The van der Waals surface area contributed by atoms with Crippen LogP contribution in [0.25, 0.3) is 10.2 Å². The molecule has 1 amide bonds. The molecule has 3 rings (SSSR count). The molecule has 1 fully saturated rings. The summed E-state index contributed by atoms with van der Waals surface area (Å²) in [7, 11) is -3.38. The van der Waals surface area contributed by atoms with Crippen LogP contribution in [0, 0.1) is 5.92 Å². The lowest BCUT2D eigenvalue weighted by Crippen LogP contribution is -2.42. The molecule has 1 aromatic heterocycles. The van der Waals surface area contributed by atoms with E-state index in [1.807, 2.05) is 11.0 Å². The van der Waals surface area contributed by atoms with Gasteiger partial charge in [0.25, 0.3) is 0 Å². The summed E-state index contributed by atoms with van der Waals surface area (Å²) in [4.78, 5) is 22.4. The van der Waals surface area contributed by atoms with Gasteiger partial charge in [0.1, 0.15) is 5.52 Å². The summed E-state index contributed by atoms with van der Waals surface area (Å²) in [6, 6.07) is 5.20. The third-order valence-electron chi connectivity index (χ3n) is 5.76. The molecule has 1 aromatic carbocycles. The zero-order valence-electron chi connectivity index (χ0n) is 18.0. The molecule has 0 bridgehead atoms. The third kappa shape index (κ3) is 5.72. The smallest absolute Gasteiger partial charge is 0.231 e. The van der Waals surface area contributed by atoms with Gasteiger partial charge in [-0.25, -0.2) is 13.4 Å². The number of sulfone groups is 1. The molecule has 30 heavy (non-hydrogen) atoms. The zero-order chi connectivity index (χ0) is 21.0. The number of rotatable bonds is 8. The van der Waals surface area contributed by atoms with Crippen LogP contribution in [-0.4, -0.2) is 56.6 Å². The number of carbonyl (C=O) groups is 1. The Kier molecular flexibility index (Phi) is 9.09. The number of thiazole rings is 1. The van der Waals surface area contributed by atoms with E-state index in [4.69, 9.17) is 0 Å². The summed E-state index contributed by atoms with van der Waals surface area (Å²) >= 11 is 1.41. The summed E-state index contributed by atoms with van der Waals surface area (Å²) in [5.74, 6) is 0.179. The maximum atomic E-state index is 13.4. The van der Waals surface area contributed by atoms with Crippen LogP contribution in [0.5, 0.6) is 0 Å². The van der Waals surface area contributed by atoms with Crippen molar-refractivity contribution in [2.24, 2.45) is 5.92 Å². The highest BCUT2D eigenvalue weighted by Crippen LogP contribution is 2.34. The Morgan fingerprint density at radius 3 is 2.40 bits per heavy atom. The highest BCUT2D eigenvalue weighted by Gasteiger charge is 2.29. The second-order valence-electron chi connectivity index (χ2n) is 7.72. The molecular formula is C21H32ClN3O3S2. The minimum Gasteiger partial charge on any atom is -0.302 e. The Bertz CT molecular complexity index is 952. The van der Waals surface area contributed by atoms with Gasteiger partial charge in [0.15, 0.2) is 15.0 Å². The number of benzene rings is 1. The Hall–Kier alpha value is -1.22. The second-order valence-corrected chi connectivity index (χ2v) is 10.7. The monoisotopic (exact) mass is 473 g/mol. The van der Waals surface area contributed by atoms with E-state index in [1.54, 1.807) is 12.1 Å². The molecule has 9 heteroatoms. The van der Waals surface area contributed by atoms with E-state index in [0.717, 1.165) is 50.0 Å². The van der Waals surface area contributed by atoms with Crippen molar-refractivity contribution in [3.8, 4) is 0 Å². The molecule has 2 aromatic rings. The number of likely N-dealkylation sites (N-methyl/N-ethyl adjacent to an activating group) is 1. The van der Waals surface area contributed by atoms with E-state index in [1.165, 1.54) is 24.0 Å². The molecule has 0 atom stereocenters. The number of para-hydroxylation sites is 1. The van der Waals surface area contributed by atoms with Gasteiger partial charge >= 0.3 is 0 Å². The first-order chi connectivity index (χ1) is 13.8. The Balaban J connectivity index is 0.00000320. The number of anilines is 1. The molecule has 1 saturated carbocycles. The zero-order valence-corrected chi connectivity index (χ0v) is 20.4. The van der Waals surface area contributed by atoms with Gasteiger partial charge in [-0.05, 0) is 38.1 Å². The van der Waals surface area contributed by atoms with Gasteiger partial charge in [-0.2, -0.15) is 0 Å². The van der Waals surface area contributed by atoms with Gasteiger partial charge in [0, 0.05) is 25.3 Å². The van der Waals surface area contributed by atoms with Gasteiger partial charge in [-0.15, -0.1) is 12.4 Å². The van der Waals surface area contributed by atoms with Gasteiger partial charge in [-0.1, -0.05) is 50.5 Å². The van der Waals surface area contributed by atoms with Crippen molar-refractivity contribution in [1.82, 2.24) is 9.88 Å². The Morgan fingerprint density at radius 1 is 1.13 bits per heavy atom. The fourth-order valence-electron chi connectivity index (χ4n) is 3.98. The quantitative estimate of drug-likeness (QED) is 0.569. The molecule has 0 saturated heterocycles. The number of halogens is 1. The van der Waals surface area contributed by atoms with Crippen LogP contribution in [-0.2, 0) is 14.6 Å². The molecule has 1 heterocycles. The average Bonchev–Trinajstić information content (AvgIpc) is 3.14. The summed E-state index contributed by atoms with van der Waals surface area (Å²) < 4.78 is 25.2. The Labute approximate surface area is 190 Å². The maximum Gasteiger partial charge on any atom is 0.231 e. The van der Waals surface area contributed by atoms with E-state index in [9.17, 15) is 13.2 Å². The minimum absolute atomic E-state index is 0. The molecular weight excluding hydrogens is 442 g/mol. The molecule has 1 aliphatic carbocycles. The van der Waals surface area contributed by atoms with Crippen LogP contribution in [0.4, 0.5) is 5.13 Å². The van der Waals surface area contributed by atoms with E-state index in [0.29, 0.717) is 17.2 Å². The third-order valence-corrected chi connectivity index (χ3v) is 7.93. The number of fused-ring (bicyclic) bond motifs is 1. The summed E-state index contributed by atoms with van der Waals surface area (Å²) in [5, 5.41) is 0.610. The molecule has 168 valence electrons. The number of hydrogen-bond acceptors (Lipinski definition) is 6. The van der Waals surface area contributed by atoms with Crippen molar-refractivity contribution in [2.75, 3.05) is 37.3 Å². The number of carbonyl (C=O) groups excluding carboxylic acids is 1. The topological polar surface area (TPSA) is 70.6 Å². The molecule has 0 aliphatic heterocycles. The largest absolute Gasteiger partial charge is 0.302 e. The molecule has 0 spiro atoms. The first-order valence-corrected chi connectivity index (χ1v) is 13.2. The summed E-state index contributed by atoms with van der Waals surface area (Å²) in [5.41, 5.74) is 0.472. The second kappa shape index (κ2) is 10.9. The number of amides is 1. The first-order valence-electron chi connectivity index (χ1n) is 10.5. The first kappa shape index (κ1) is 25.0. The summed E-state index contributed by atoms with van der Waals surface area (Å²) in [6.07, 6.45) is 6.45. The minimum atomic E-state index is -3.38. The molecule has 0 radical (unpaired) electrons. The van der Waals surface area contributed by atoms with Gasteiger partial charge in [-0.3, -0.25) is 9.69 Å². The van der Waals surface area contributed by atoms with Crippen LogP contribution in [0.1, 0.15) is 46.0 Å². The molecule has 6 nitrogen and oxygen atoms in total. The van der Waals surface area contributed by atoms with E-state index in [2.05, 4.69) is 23.7 Å². The Morgan fingerprint density at radius 2 is 1.80 bits per heavy atom. The summed E-state index contributed by atoms with van der Waals surface area (Å²) in [6.45, 7) is 7.45. The van der Waals surface area contributed by atoms with Crippen molar-refractivity contribution in [1.29, 1.82) is 0 Å². The van der Waals surface area contributed by atoms with Crippen molar-refractivity contribution < 1.29 is 13.2 Å². The predicted octanol–water partition coefficient (Wildman–Crippen LogP) is 4.38. The van der Waals surface area contributed by atoms with Gasteiger partial charge in [0.05, 0.1) is 9.60 Å². The number of aromatic nitrogens is 1. The lowest BCUT2D eigenvalue weighted by Gasteiger charge is -2.29. The van der Waals surface area contributed by atoms with Crippen LogP contribution < -0.4 is 4.90 Å². The van der Waals surface area contributed by atoms with E-state index >= 15 is 0 Å². The predicted molar refractivity (Wildman–Crippen MR) is 127 cm³/mol. The van der Waals surface area contributed by atoms with Gasteiger partial charge in [0.2, 0.25) is 5.91 Å². The fourth-order valence-corrected chi connectivity index (χ4v) is 5.90. The average molecular weight is 474 g/mol. The highest BCUT2D eigenvalue weighted by molar-refractivity contribution is 7.91. The van der Waals surface area contributed by atoms with Crippen molar-refractivity contribution in [3.05, 3.63) is 18.2 Å². The van der Waals surface area contributed by atoms with E-state index < -0.39 is 9.84 Å². The molecule has 0 unspecified atom stereocenters. The lowest BCUT2D eigenvalue weighted by atomic mass is 9.88. The SMILES string of the molecule is CCN(CC)CCN(C(=O)C1CCCCC1)c1nc2c(S(C)(=O)=O)cccc2s1.Cl. The van der Waals surface area contributed by atoms with Crippen LogP contribution >= 0.6 is 23.7 Å². The molecule has 1 aliphatic rings. The van der Waals surface area contributed by atoms with Crippen LogP contribution in [0.3, 0.4) is 0 Å². The number of hydrogen-bond donors (Lipinski definition) is 0. The van der Waals surface area contributed by atoms with E-state index in [-0.39, 0.29) is 29.1 Å². The van der Waals surface area contributed by atoms with Crippen LogP contribution in [0.2, 0.25) is 0 Å². The maximum absolute atomic E-state index is 13.4. The van der Waals surface area contributed by atoms with Crippen LogP contribution in [0.15, 0.2) is 23.1 Å². The van der Waals surface area contributed by atoms with Gasteiger partial charge < -0.3 is 4.90 Å². The molecule has 0 N–H and O–H groups in total.